The van der Waals surface area contributed by atoms with Crippen molar-refractivity contribution in [2.24, 2.45) is 0 Å². The zero-order valence-electron chi connectivity index (χ0n) is 55.9. The molecule has 0 saturated heterocycles. The van der Waals surface area contributed by atoms with E-state index in [-0.39, 0.29) is 81.7 Å². The van der Waals surface area contributed by atoms with Crippen LogP contribution < -0.4 is 33.2 Å². The zero-order chi connectivity index (χ0) is 70.8. The van der Waals surface area contributed by atoms with Crippen molar-refractivity contribution in [3.8, 4) is 102 Å². The molecule has 0 unspecified atom stereocenters. The molecule has 25 nitrogen and oxygen atoms in total. The molecule has 0 amide bonds. The molecule has 12 rings (SSSR count). The van der Waals surface area contributed by atoms with Gasteiger partial charge in [-0.2, -0.15) is 31.8 Å². The van der Waals surface area contributed by atoms with E-state index >= 15 is 0 Å². The Balaban J connectivity index is -0.000000738. The van der Waals surface area contributed by atoms with E-state index in [4.69, 9.17) is 30.6 Å². The normalized spacial score (nSPS) is 11.8. The molecular formula is C75H114N16O9S3. The van der Waals surface area contributed by atoms with Gasteiger partial charge in [-0.25, -0.2) is 15.0 Å². The van der Waals surface area contributed by atoms with Crippen molar-refractivity contribution in [2.75, 3.05) is 38.3 Å². The minimum Gasteiger partial charge on any atom is -0.416 e. The van der Waals surface area contributed by atoms with E-state index in [1.807, 2.05) is 124 Å². The number of nitrogens with one attached hydrogen (secondary N) is 3. The highest BCUT2D eigenvalue weighted by molar-refractivity contribution is 8.25. The van der Waals surface area contributed by atoms with E-state index in [1.165, 1.54) is 18.0 Å². The Bertz CT molecular complexity index is 4230. The van der Waals surface area contributed by atoms with Gasteiger partial charge in [0.15, 0.2) is 5.76 Å². The largest absolute Gasteiger partial charge is 0.416 e. The average molecular weight is 1480 g/mol. The van der Waals surface area contributed by atoms with Crippen LogP contribution in [0.5, 0.6) is 0 Å². The predicted molar refractivity (Wildman–Crippen MR) is 439 cm³/mol. The van der Waals surface area contributed by atoms with Crippen LogP contribution in [0.15, 0.2) is 205 Å². The molecule has 28 heteroatoms. The molecule has 103 heavy (non-hydrogen) atoms. The summed E-state index contributed by atoms with van der Waals surface area (Å²) in [6.07, 6.45) is 7.85. The second-order valence-electron chi connectivity index (χ2n) is 23.8. The Hall–Kier alpha value is -9.79. The monoisotopic (exact) mass is 1480 g/mol. The molecule has 0 bridgehead atoms. The number of nitrogens with two attached hydrogens (primary N) is 3. The maximum atomic E-state index is 10.4. The zero-order valence-corrected chi connectivity index (χ0v) is 58.4. The van der Waals surface area contributed by atoms with E-state index in [0.29, 0.717) is 77.4 Å². The van der Waals surface area contributed by atoms with Gasteiger partial charge in [0.1, 0.15) is 23.1 Å². The molecule has 566 valence electrons. The van der Waals surface area contributed by atoms with Crippen LogP contribution in [0.1, 0.15) is 101 Å². The summed E-state index contributed by atoms with van der Waals surface area (Å²) in [5.41, 5.74) is 31.0. The van der Waals surface area contributed by atoms with E-state index in [9.17, 15) is 27.3 Å². The first-order valence-electron chi connectivity index (χ1n) is 31.4. The number of nitrogens with zero attached hydrogens (tertiary/aromatic N) is 10. The summed E-state index contributed by atoms with van der Waals surface area (Å²) in [5.74, 6) is 2.66. The molecule has 0 spiro atoms. The Morgan fingerprint density at radius 1 is 0.359 bits per heavy atom. The first kappa shape index (κ1) is 82.2. The molecule has 15 N–H and O–H groups in total. The van der Waals surface area contributed by atoms with E-state index in [1.54, 1.807) is 103 Å². The van der Waals surface area contributed by atoms with Gasteiger partial charge in [-0.05, 0) is 164 Å². The van der Waals surface area contributed by atoms with Crippen molar-refractivity contribution >= 4 is 49.2 Å². The quantitative estimate of drug-likeness (QED) is 0.0318. The number of hydrogen-bond acceptors (Lipinski definition) is 25. The van der Waals surface area contributed by atoms with Crippen molar-refractivity contribution in [1.82, 2.24) is 66.4 Å². The molecule has 12 aromatic rings. The predicted octanol–water partition coefficient (Wildman–Crippen LogP) is 20.0. The van der Waals surface area contributed by atoms with Gasteiger partial charge in [-0.3, -0.25) is 37.3 Å². The van der Waals surface area contributed by atoms with Gasteiger partial charge >= 0.3 is 0 Å². The summed E-state index contributed by atoms with van der Waals surface area (Å²) < 4.78 is 79.4. The lowest BCUT2D eigenvalue weighted by atomic mass is 10.1. The summed E-state index contributed by atoms with van der Waals surface area (Å²) in [4.78, 5) is 22.9. The number of benzene rings is 4. The van der Waals surface area contributed by atoms with Crippen molar-refractivity contribution in [3.63, 3.8) is 0 Å². The molecule has 0 aliphatic heterocycles. The summed E-state index contributed by atoms with van der Waals surface area (Å²) >= 11 is 0. The summed E-state index contributed by atoms with van der Waals surface area (Å²) in [5, 5.41) is 29.3. The molecule has 0 fully saturated rings. The fourth-order valence-corrected chi connectivity index (χ4v) is 13.0. The van der Waals surface area contributed by atoms with Gasteiger partial charge in [0.2, 0.25) is 11.8 Å². The fraction of sp³-hybridized carbons (Fsp3) is 0.253. The topological polar surface area (TPSA) is 404 Å². The second kappa shape index (κ2) is 35.9. The van der Waals surface area contributed by atoms with Crippen LogP contribution in [0.2, 0.25) is 0 Å². The van der Waals surface area contributed by atoms with Crippen LogP contribution in [-0.4, -0.2) is 115 Å². The van der Waals surface area contributed by atoms with E-state index in [0.717, 1.165) is 64.1 Å². The molecule has 0 atom stereocenters. The average Bonchev–Trinajstić information content (AvgIpc) is 1.04. The lowest BCUT2D eigenvalue weighted by Crippen LogP contribution is -2.10. The summed E-state index contributed by atoms with van der Waals surface area (Å²) in [6.45, 7) is 13.0. The van der Waals surface area contributed by atoms with Gasteiger partial charge in [0.25, 0.3) is 11.8 Å². The van der Waals surface area contributed by atoms with Crippen molar-refractivity contribution in [1.29, 1.82) is 0 Å². The van der Waals surface area contributed by atoms with Gasteiger partial charge in [-0.1, -0.05) is 95.5 Å². The maximum Gasteiger partial charge on any atom is 0.251 e. The number of rotatable bonds is 21. The van der Waals surface area contributed by atoms with Crippen molar-refractivity contribution in [3.05, 3.63) is 193 Å². The first-order valence-corrected chi connectivity index (χ1v) is 36.2. The Morgan fingerprint density at radius 3 is 1.07 bits per heavy atom. The molecule has 0 radical (unpaired) electrons. The SMILES string of the molecule is C.C.C.C.CNCc1ccc(-c2cc(-c3cc(-c4ccc(S(O)(O)C(C)C)cn4)cnc3N)on2)cc1.CNCc1ccc(-c2nnc(-c3cc(-c4ccc(S(O)(O)C(C)C)cc4)cnc3N)o2)cc1.CNCc1ccc(-c2nnc(-c3cc(-c4ccc(S(O)(O)C(C)C)cn4)cnc3N)o2)cc1.[HH].[HH].[HH].[HH].[HH].[HH].[HH].[HH].[HH]. The number of aromatic nitrogens is 10. The maximum absolute atomic E-state index is 10.4. The lowest BCUT2D eigenvalue weighted by molar-refractivity contribution is 0.435. The number of pyridine rings is 5. The molecule has 0 aliphatic carbocycles. The molecular weight excluding hydrogens is 1370 g/mol. The standard InChI is InChI=1S/2C24H27N5O3S.C23H26N6O3S.4CH4.9H2/c1-15(2)33(30,31)20-10-8-17(9-11-20)19-12-21(22(25)27-14-19)24-29-28-23(32-24)18-6-4-16(5-7-18)13-26-3;1-15(2)33(30,31)19-8-9-21(27-14-19)18-10-20(24(25)28-13-18)23-11-22(29-32-23)17-6-4-16(5-7-17)12-26-3;1-14(2)33(30,31)18-8-9-20(26-13-18)17-10-19(21(24)27-12-17)23-29-28-22(32-23)16-6-4-15(5-7-16)11-25-3;;;;;;;;;;;;;/h4-12,14-15,26,30-31H,13H2,1-3H3,(H2,25,27);4-11,13-15,26,30-31H,12H2,1-3H3,(H2,25,28);4-10,12-14,25,30-31H,11H2,1-3H3,(H2,24,27);4*1H4;9*1H. The van der Waals surface area contributed by atoms with Crippen LogP contribution in [0.25, 0.3) is 102 Å². The number of anilines is 3. The van der Waals surface area contributed by atoms with Gasteiger partial charge in [0, 0.05) is 106 Å². The van der Waals surface area contributed by atoms with Crippen LogP contribution in [0.4, 0.5) is 17.5 Å². The molecule has 8 aromatic heterocycles. The lowest BCUT2D eigenvalue weighted by Gasteiger charge is -2.36. The van der Waals surface area contributed by atoms with Gasteiger partial charge in [-0.15, -0.1) is 20.4 Å². The third kappa shape index (κ3) is 19.3. The van der Waals surface area contributed by atoms with Crippen LogP contribution in [-0.2, 0) is 19.6 Å². The van der Waals surface area contributed by atoms with Crippen LogP contribution in [0.3, 0.4) is 0 Å². The van der Waals surface area contributed by atoms with E-state index in [2.05, 4.69) is 66.4 Å². The van der Waals surface area contributed by atoms with Crippen molar-refractivity contribution < 1.29 is 53.5 Å². The minimum absolute atomic E-state index is 0. The highest BCUT2D eigenvalue weighted by Gasteiger charge is 2.25. The van der Waals surface area contributed by atoms with Gasteiger partial charge < -0.3 is 46.5 Å². The Morgan fingerprint density at radius 2 is 0.689 bits per heavy atom. The van der Waals surface area contributed by atoms with E-state index < -0.39 is 31.8 Å². The molecule has 0 aliphatic rings. The summed E-state index contributed by atoms with van der Waals surface area (Å²) in [6, 6.07) is 45.0. The highest BCUT2D eigenvalue weighted by Crippen LogP contribution is 2.54. The summed E-state index contributed by atoms with van der Waals surface area (Å²) in [7, 11) is -2.91. The second-order valence-corrected chi connectivity index (χ2v) is 31.6. The third-order valence-electron chi connectivity index (χ3n) is 15.9. The fourth-order valence-electron chi connectivity index (χ4n) is 9.90. The Kier molecular flexibility index (Phi) is 28.6. The van der Waals surface area contributed by atoms with Crippen LogP contribution in [0, 0.1) is 0 Å². The minimum atomic E-state index is -2.90. The highest BCUT2D eigenvalue weighted by atomic mass is 32.3. The Labute approximate surface area is 621 Å². The smallest absolute Gasteiger partial charge is 0.251 e. The van der Waals surface area contributed by atoms with Crippen LogP contribution >= 0.6 is 31.8 Å². The number of hydrogen-bond donors (Lipinski definition) is 12. The van der Waals surface area contributed by atoms with Gasteiger partial charge in [0.05, 0.1) is 55.2 Å². The molecule has 4 aromatic carbocycles. The molecule has 0 saturated carbocycles. The molecule has 8 heterocycles. The van der Waals surface area contributed by atoms with Crippen molar-refractivity contribution in [2.45, 2.75) is 121 Å². The third-order valence-corrected chi connectivity index (χ3v) is 22.7. The number of nitrogen functional groups attached to an aromatic ring is 3. The first-order chi connectivity index (χ1) is 47.4.